The fourth-order valence-corrected chi connectivity index (χ4v) is 2.51. The van der Waals surface area contributed by atoms with E-state index in [4.69, 9.17) is 4.74 Å². The van der Waals surface area contributed by atoms with E-state index in [0.29, 0.717) is 11.3 Å². The van der Waals surface area contributed by atoms with Gasteiger partial charge in [0.25, 0.3) is 5.91 Å². The molecule has 0 saturated carbocycles. The van der Waals surface area contributed by atoms with Crippen molar-refractivity contribution >= 4 is 29.2 Å². The molecule has 0 bridgehead atoms. The Morgan fingerprint density at radius 1 is 0.926 bits per heavy atom. The van der Waals surface area contributed by atoms with Crippen LogP contribution in [0.1, 0.15) is 21.5 Å². The molecule has 0 fully saturated rings. The molecule has 7 nitrogen and oxygen atoms in total. The molecule has 142 valence electrons. The summed E-state index contributed by atoms with van der Waals surface area (Å²) in [7, 11) is 1.69. The predicted molar refractivity (Wildman–Crippen MR) is 104 cm³/mol. The first kappa shape index (κ1) is 20.0. The monoisotopic (exact) mass is 369 g/mol. The Bertz CT molecular complexity index is 829. The van der Waals surface area contributed by atoms with E-state index in [2.05, 4.69) is 16.0 Å². The van der Waals surface area contributed by atoms with E-state index in [-0.39, 0.29) is 12.5 Å². The van der Waals surface area contributed by atoms with Crippen molar-refractivity contribution < 1.29 is 19.1 Å². The summed E-state index contributed by atoms with van der Waals surface area (Å²) in [6.45, 7) is 3.11. The minimum absolute atomic E-state index is 0.211. The summed E-state index contributed by atoms with van der Waals surface area (Å²) in [6.07, 6.45) is 0. The van der Waals surface area contributed by atoms with Crippen LogP contribution in [0.5, 0.6) is 0 Å². The van der Waals surface area contributed by atoms with Crippen LogP contribution in [0.3, 0.4) is 0 Å². The Balaban J connectivity index is 1.80. The SMILES string of the molecule is CNc1ccccc1C(=O)OCC(=O)NCC(=O)Nc1c(C)cccc1C. The smallest absolute Gasteiger partial charge is 0.340 e. The molecular weight excluding hydrogens is 346 g/mol. The zero-order valence-electron chi connectivity index (χ0n) is 15.6. The summed E-state index contributed by atoms with van der Waals surface area (Å²) in [6, 6.07) is 12.5. The van der Waals surface area contributed by atoms with Gasteiger partial charge in [-0.05, 0) is 37.1 Å². The molecule has 2 rings (SSSR count). The molecule has 0 aliphatic heterocycles. The third-order valence-electron chi connectivity index (χ3n) is 3.94. The number of para-hydroxylation sites is 2. The van der Waals surface area contributed by atoms with Gasteiger partial charge in [0.1, 0.15) is 0 Å². The predicted octanol–water partition coefficient (Wildman–Crippen LogP) is 2.26. The van der Waals surface area contributed by atoms with Crippen LogP contribution >= 0.6 is 0 Å². The highest BCUT2D eigenvalue weighted by Crippen LogP contribution is 2.19. The van der Waals surface area contributed by atoms with Gasteiger partial charge in [0.2, 0.25) is 5.91 Å². The second kappa shape index (κ2) is 9.38. The van der Waals surface area contributed by atoms with Crippen molar-refractivity contribution in [1.82, 2.24) is 5.32 Å². The Morgan fingerprint density at radius 2 is 1.59 bits per heavy atom. The molecule has 3 N–H and O–H groups in total. The summed E-state index contributed by atoms with van der Waals surface area (Å²) in [4.78, 5) is 35.9. The van der Waals surface area contributed by atoms with E-state index in [0.717, 1.165) is 16.8 Å². The molecule has 0 aromatic heterocycles. The Hall–Kier alpha value is -3.35. The fourth-order valence-electron chi connectivity index (χ4n) is 2.51. The molecule has 2 aromatic carbocycles. The van der Waals surface area contributed by atoms with Crippen LogP contribution in [0, 0.1) is 13.8 Å². The summed E-state index contributed by atoms with van der Waals surface area (Å²) in [5.41, 5.74) is 3.54. The minimum Gasteiger partial charge on any atom is -0.452 e. The molecule has 27 heavy (non-hydrogen) atoms. The van der Waals surface area contributed by atoms with Crippen molar-refractivity contribution in [2.45, 2.75) is 13.8 Å². The molecule has 0 saturated heterocycles. The Morgan fingerprint density at radius 3 is 2.26 bits per heavy atom. The maximum atomic E-state index is 12.1. The number of hydrogen-bond donors (Lipinski definition) is 3. The first-order chi connectivity index (χ1) is 12.9. The topological polar surface area (TPSA) is 96.5 Å². The summed E-state index contributed by atoms with van der Waals surface area (Å²) >= 11 is 0. The van der Waals surface area contributed by atoms with E-state index in [1.807, 2.05) is 32.0 Å². The molecule has 0 unspecified atom stereocenters. The fraction of sp³-hybridized carbons (Fsp3) is 0.250. The first-order valence-corrected chi connectivity index (χ1v) is 8.49. The highest BCUT2D eigenvalue weighted by Gasteiger charge is 2.14. The summed E-state index contributed by atoms with van der Waals surface area (Å²) in [5, 5.41) is 8.09. The molecule has 0 spiro atoms. The molecule has 0 atom stereocenters. The van der Waals surface area contributed by atoms with Gasteiger partial charge in [-0.15, -0.1) is 0 Å². The lowest BCUT2D eigenvalue weighted by Crippen LogP contribution is -2.35. The number of aryl methyl sites for hydroxylation is 2. The molecule has 0 aliphatic rings. The van der Waals surface area contributed by atoms with E-state index in [1.54, 1.807) is 31.3 Å². The summed E-state index contributed by atoms with van der Waals surface area (Å²) in [5.74, 6) is -1.52. The lowest BCUT2D eigenvalue weighted by atomic mass is 10.1. The number of nitrogens with one attached hydrogen (secondary N) is 3. The molecule has 2 aromatic rings. The second-order valence-corrected chi connectivity index (χ2v) is 5.96. The lowest BCUT2D eigenvalue weighted by Gasteiger charge is -2.12. The number of anilines is 2. The Kier molecular flexibility index (Phi) is 6.93. The first-order valence-electron chi connectivity index (χ1n) is 8.49. The van der Waals surface area contributed by atoms with Gasteiger partial charge in [-0.2, -0.15) is 0 Å². The van der Waals surface area contributed by atoms with E-state index >= 15 is 0 Å². The Labute approximate surface area is 158 Å². The number of rotatable bonds is 7. The van der Waals surface area contributed by atoms with E-state index in [1.165, 1.54) is 0 Å². The number of benzene rings is 2. The highest BCUT2D eigenvalue weighted by molar-refractivity contribution is 5.98. The second-order valence-electron chi connectivity index (χ2n) is 5.96. The van der Waals surface area contributed by atoms with Crippen LogP contribution in [0.25, 0.3) is 0 Å². The normalized spacial score (nSPS) is 10.0. The third kappa shape index (κ3) is 5.57. The molecule has 7 heteroatoms. The standard InChI is InChI=1S/C20H23N3O4/c1-13-7-6-8-14(2)19(13)23-17(24)11-22-18(25)12-27-20(26)15-9-4-5-10-16(15)21-3/h4-10,21H,11-12H2,1-3H3,(H,22,25)(H,23,24). The van der Waals surface area contributed by atoms with Gasteiger partial charge in [-0.3, -0.25) is 9.59 Å². The van der Waals surface area contributed by atoms with Gasteiger partial charge in [0, 0.05) is 18.4 Å². The van der Waals surface area contributed by atoms with Crippen LogP contribution < -0.4 is 16.0 Å². The lowest BCUT2D eigenvalue weighted by molar-refractivity contribution is -0.126. The van der Waals surface area contributed by atoms with Crippen LogP contribution in [-0.4, -0.2) is 38.0 Å². The van der Waals surface area contributed by atoms with Crippen molar-refractivity contribution in [3.8, 4) is 0 Å². The number of ether oxygens (including phenoxy) is 1. The van der Waals surface area contributed by atoms with Crippen molar-refractivity contribution in [1.29, 1.82) is 0 Å². The number of carbonyl (C=O) groups excluding carboxylic acids is 3. The van der Waals surface area contributed by atoms with Crippen LogP contribution in [0.2, 0.25) is 0 Å². The minimum atomic E-state index is -0.616. The van der Waals surface area contributed by atoms with Crippen molar-refractivity contribution in [2.24, 2.45) is 0 Å². The van der Waals surface area contributed by atoms with Crippen LogP contribution in [0.15, 0.2) is 42.5 Å². The number of carbonyl (C=O) groups is 3. The molecule has 0 aliphatic carbocycles. The van der Waals surface area contributed by atoms with Crippen LogP contribution in [-0.2, 0) is 14.3 Å². The molecule has 0 radical (unpaired) electrons. The van der Waals surface area contributed by atoms with Crippen molar-refractivity contribution in [3.63, 3.8) is 0 Å². The van der Waals surface area contributed by atoms with Crippen molar-refractivity contribution in [2.75, 3.05) is 30.8 Å². The van der Waals surface area contributed by atoms with Crippen molar-refractivity contribution in [3.05, 3.63) is 59.2 Å². The maximum Gasteiger partial charge on any atom is 0.340 e. The third-order valence-corrected chi connectivity index (χ3v) is 3.94. The van der Waals surface area contributed by atoms with Gasteiger partial charge in [0.05, 0.1) is 12.1 Å². The van der Waals surface area contributed by atoms with Gasteiger partial charge in [-0.1, -0.05) is 30.3 Å². The highest BCUT2D eigenvalue weighted by atomic mass is 16.5. The zero-order chi connectivity index (χ0) is 19.8. The van der Waals surface area contributed by atoms with Gasteiger partial charge in [0.15, 0.2) is 6.61 Å². The average molecular weight is 369 g/mol. The van der Waals surface area contributed by atoms with Gasteiger partial charge < -0.3 is 20.7 Å². The molecule has 2 amide bonds. The number of esters is 1. The number of amides is 2. The maximum absolute atomic E-state index is 12.1. The van der Waals surface area contributed by atoms with Crippen LogP contribution in [0.4, 0.5) is 11.4 Å². The molecule has 0 heterocycles. The summed E-state index contributed by atoms with van der Waals surface area (Å²) < 4.78 is 5.00. The molecular formula is C20H23N3O4. The van der Waals surface area contributed by atoms with E-state index in [9.17, 15) is 14.4 Å². The number of hydrogen-bond acceptors (Lipinski definition) is 5. The van der Waals surface area contributed by atoms with Gasteiger partial charge in [-0.25, -0.2) is 4.79 Å². The average Bonchev–Trinajstić information content (AvgIpc) is 2.67. The van der Waals surface area contributed by atoms with E-state index < -0.39 is 18.5 Å². The quantitative estimate of drug-likeness (QED) is 0.651. The largest absolute Gasteiger partial charge is 0.452 e. The zero-order valence-corrected chi connectivity index (χ0v) is 15.6. The van der Waals surface area contributed by atoms with Gasteiger partial charge >= 0.3 is 5.97 Å².